The van der Waals surface area contributed by atoms with E-state index in [1.54, 1.807) is 0 Å². The van der Waals surface area contributed by atoms with Gasteiger partial charge >= 0.3 is 0 Å². The molecule has 5 heteroatoms. The fourth-order valence-corrected chi connectivity index (χ4v) is 4.87. The van der Waals surface area contributed by atoms with E-state index in [0.717, 1.165) is 59.9 Å². The summed E-state index contributed by atoms with van der Waals surface area (Å²) in [6, 6.07) is 29.1. The Morgan fingerprint density at radius 3 is 2.47 bits per heavy atom. The van der Waals surface area contributed by atoms with E-state index in [2.05, 4.69) is 91.6 Å². The molecule has 0 aliphatic carbocycles. The Labute approximate surface area is 179 Å². The van der Waals surface area contributed by atoms with Crippen LogP contribution < -0.4 is 0 Å². The summed E-state index contributed by atoms with van der Waals surface area (Å²) in [6.07, 6.45) is 0. The van der Waals surface area contributed by atoms with Crippen molar-refractivity contribution >= 4 is 65.7 Å². The van der Waals surface area contributed by atoms with Crippen LogP contribution in [0, 0.1) is 0 Å². The quantitative estimate of drug-likeness (QED) is 0.267. The lowest BCUT2D eigenvalue weighted by Crippen LogP contribution is -1.95. The first-order valence-corrected chi connectivity index (χ1v) is 10.6. The number of para-hydroxylation sites is 4. The van der Waals surface area contributed by atoms with Gasteiger partial charge in [-0.05, 0) is 42.5 Å². The van der Waals surface area contributed by atoms with Crippen LogP contribution in [0.25, 0.3) is 55.5 Å². The molecular weight excluding hydrogens is 438 g/mol. The minimum Gasteiger partial charge on any atom is -0.454 e. The molecule has 7 rings (SSSR count). The van der Waals surface area contributed by atoms with Gasteiger partial charge in [-0.3, -0.25) is 8.97 Å². The predicted molar refractivity (Wildman–Crippen MR) is 125 cm³/mol. The molecule has 4 nitrogen and oxygen atoms in total. The number of aromatic nitrogens is 3. The van der Waals surface area contributed by atoms with Gasteiger partial charge in [0.05, 0.1) is 27.8 Å². The lowest BCUT2D eigenvalue weighted by atomic mass is 10.1. The maximum atomic E-state index is 6.33. The number of rotatable bonds is 1. The second-order valence-electron chi connectivity index (χ2n) is 7.46. The maximum Gasteiger partial charge on any atom is 0.220 e. The van der Waals surface area contributed by atoms with Crippen molar-refractivity contribution in [3.05, 3.63) is 89.4 Å². The Kier molecular flexibility index (Phi) is 3.11. The molecule has 0 amide bonds. The van der Waals surface area contributed by atoms with Gasteiger partial charge < -0.3 is 4.42 Å². The third kappa shape index (κ3) is 2.02. The van der Waals surface area contributed by atoms with Crippen molar-refractivity contribution < 1.29 is 4.42 Å². The molecule has 142 valence electrons. The minimum absolute atomic E-state index is 0.871. The first-order valence-electron chi connectivity index (χ1n) is 9.77. The summed E-state index contributed by atoms with van der Waals surface area (Å²) in [6.45, 7) is 0. The number of furan rings is 1. The van der Waals surface area contributed by atoms with Crippen molar-refractivity contribution in [1.29, 1.82) is 0 Å². The van der Waals surface area contributed by atoms with Crippen molar-refractivity contribution in [2.24, 2.45) is 0 Å². The number of benzene rings is 4. The van der Waals surface area contributed by atoms with E-state index < -0.39 is 0 Å². The van der Waals surface area contributed by atoms with E-state index >= 15 is 0 Å². The molecule has 7 aromatic rings. The number of imidazole rings is 2. The number of nitrogens with zero attached hydrogens (tertiary/aromatic N) is 3. The zero-order valence-corrected chi connectivity index (χ0v) is 17.3. The molecule has 4 aromatic carbocycles. The highest BCUT2D eigenvalue weighted by atomic mass is 79.9. The van der Waals surface area contributed by atoms with Crippen molar-refractivity contribution in [2.45, 2.75) is 0 Å². The van der Waals surface area contributed by atoms with Gasteiger partial charge in [0, 0.05) is 15.2 Å². The Morgan fingerprint density at radius 2 is 1.53 bits per heavy atom. The van der Waals surface area contributed by atoms with E-state index in [1.807, 2.05) is 18.2 Å². The molecule has 3 heterocycles. The zero-order chi connectivity index (χ0) is 19.8. The van der Waals surface area contributed by atoms with Gasteiger partial charge in [0.2, 0.25) is 5.78 Å². The van der Waals surface area contributed by atoms with Gasteiger partial charge in [-0.1, -0.05) is 58.4 Å². The van der Waals surface area contributed by atoms with Crippen molar-refractivity contribution in [3.63, 3.8) is 0 Å². The fourth-order valence-electron chi connectivity index (χ4n) is 4.52. The molecule has 30 heavy (non-hydrogen) atoms. The molecule has 0 saturated carbocycles. The van der Waals surface area contributed by atoms with Gasteiger partial charge in [-0.25, -0.2) is 4.98 Å². The summed E-state index contributed by atoms with van der Waals surface area (Å²) in [4.78, 5) is 5.00. The van der Waals surface area contributed by atoms with Crippen molar-refractivity contribution in [3.8, 4) is 5.69 Å². The zero-order valence-electron chi connectivity index (χ0n) is 15.7. The van der Waals surface area contributed by atoms with E-state index in [4.69, 9.17) is 9.40 Å². The topological polar surface area (TPSA) is 35.4 Å². The largest absolute Gasteiger partial charge is 0.454 e. The van der Waals surface area contributed by atoms with Gasteiger partial charge in [0.15, 0.2) is 5.58 Å². The molecule has 0 N–H and O–H groups in total. The molecule has 0 fully saturated rings. The highest BCUT2D eigenvalue weighted by Crippen LogP contribution is 2.36. The fraction of sp³-hybridized carbons (Fsp3) is 0. The lowest BCUT2D eigenvalue weighted by molar-refractivity contribution is 0.666. The molecule has 0 aliphatic heterocycles. The monoisotopic (exact) mass is 451 g/mol. The van der Waals surface area contributed by atoms with Gasteiger partial charge in [-0.15, -0.1) is 0 Å². The Bertz CT molecular complexity index is 1770. The standard InChI is InChI=1S/C25H14BrN3O/c26-15-12-13-19-18(14-15)27-25-28(19)20-8-2-3-9-21(20)29(25)22-10-5-7-17-16-6-1-4-11-23(16)30-24(17)22/h1-14H. The molecule has 0 saturated heterocycles. The molecular formula is C25H14BrN3O. The van der Waals surface area contributed by atoms with Gasteiger partial charge in [-0.2, -0.15) is 0 Å². The van der Waals surface area contributed by atoms with Crippen molar-refractivity contribution in [1.82, 2.24) is 14.0 Å². The van der Waals surface area contributed by atoms with Crippen LogP contribution >= 0.6 is 15.9 Å². The summed E-state index contributed by atoms with van der Waals surface area (Å²) in [5.41, 5.74) is 7.00. The minimum atomic E-state index is 0.871. The molecule has 3 aromatic heterocycles. The molecule has 0 aliphatic rings. The average molecular weight is 452 g/mol. The third-order valence-electron chi connectivity index (χ3n) is 5.79. The van der Waals surface area contributed by atoms with Crippen LogP contribution in [0.5, 0.6) is 0 Å². The third-order valence-corrected chi connectivity index (χ3v) is 6.28. The number of hydrogen-bond acceptors (Lipinski definition) is 2. The van der Waals surface area contributed by atoms with Crippen LogP contribution in [0.3, 0.4) is 0 Å². The van der Waals surface area contributed by atoms with E-state index in [-0.39, 0.29) is 0 Å². The predicted octanol–water partition coefficient (Wildman–Crippen LogP) is 7.09. The second-order valence-corrected chi connectivity index (χ2v) is 8.37. The second kappa shape index (κ2) is 5.74. The van der Waals surface area contributed by atoms with Crippen LogP contribution in [0.2, 0.25) is 0 Å². The van der Waals surface area contributed by atoms with Crippen LogP contribution in [0.15, 0.2) is 93.8 Å². The first kappa shape index (κ1) is 16.3. The Morgan fingerprint density at radius 1 is 0.733 bits per heavy atom. The van der Waals surface area contributed by atoms with E-state index in [1.165, 1.54) is 0 Å². The number of hydrogen-bond donors (Lipinski definition) is 0. The smallest absolute Gasteiger partial charge is 0.220 e. The summed E-state index contributed by atoms with van der Waals surface area (Å²) in [7, 11) is 0. The highest BCUT2D eigenvalue weighted by Gasteiger charge is 2.20. The van der Waals surface area contributed by atoms with Crippen molar-refractivity contribution in [2.75, 3.05) is 0 Å². The number of fused-ring (bicyclic) bond motifs is 8. The summed E-state index contributed by atoms with van der Waals surface area (Å²) in [5, 5.41) is 2.23. The van der Waals surface area contributed by atoms with E-state index in [9.17, 15) is 0 Å². The molecule has 0 spiro atoms. The summed E-state index contributed by atoms with van der Waals surface area (Å²) >= 11 is 3.57. The van der Waals surface area contributed by atoms with Crippen LogP contribution in [-0.4, -0.2) is 14.0 Å². The normalized spacial score (nSPS) is 12.2. The van der Waals surface area contributed by atoms with Crippen LogP contribution in [-0.2, 0) is 0 Å². The average Bonchev–Trinajstić information content (AvgIpc) is 3.41. The van der Waals surface area contributed by atoms with Gasteiger partial charge in [0.1, 0.15) is 5.58 Å². The van der Waals surface area contributed by atoms with E-state index in [0.29, 0.717) is 0 Å². The Balaban J connectivity index is 1.70. The van der Waals surface area contributed by atoms with Gasteiger partial charge in [0.25, 0.3) is 0 Å². The maximum absolute atomic E-state index is 6.33. The molecule has 0 radical (unpaired) electrons. The summed E-state index contributed by atoms with van der Waals surface area (Å²) < 4.78 is 11.8. The Hall–Kier alpha value is -3.57. The molecule has 0 bridgehead atoms. The first-order chi connectivity index (χ1) is 14.8. The van der Waals surface area contributed by atoms with Crippen LogP contribution in [0.4, 0.5) is 0 Å². The highest BCUT2D eigenvalue weighted by molar-refractivity contribution is 9.10. The lowest BCUT2D eigenvalue weighted by Gasteiger charge is -2.06. The van der Waals surface area contributed by atoms with Crippen LogP contribution in [0.1, 0.15) is 0 Å². The SMILES string of the molecule is Brc1ccc2c(c1)nc1n(-c3cccc4c3oc3ccccc34)c3ccccc3n21. The molecule has 0 unspecified atom stereocenters. The summed E-state index contributed by atoms with van der Waals surface area (Å²) in [5.74, 6) is 0.872. The number of halogens is 1. The molecule has 0 atom stereocenters.